The summed E-state index contributed by atoms with van der Waals surface area (Å²) in [6, 6.07) is 4.80. The van der Waals surface area contributed by atoms with E-state index < -0.39 is 0 Å². The zero-order valence-electron chi connectivity index (χ0n) is 8.92. The summed E-state index contributed by atoms with van der Waals surface area (Å²) in [5.74, 6) is 0.220. The Morgan fingerprint density at radius 3 is 2.88 bits per heavy atom. The van der Waals surface area contributed by atoms with E-state index in [2.05, 4.69) is 11.9 Å². The molecule has 0 saturated carbocycles. The van der Waals surface area contributed by atoms with Gasteiger partial charge in [0, 0.05) is 10.6 Å². The molecule has 0 aliphatic carbocycles. The van der Waals surface area contributed by atoms with E-state index in [1.165, 1.54) is 7.11 Å². The molecule has 0 aliphatic rings. The van der Waals surface area contributed by atoms with E-state index in [4.69, 9.17) is 22.1 Å². The lowest BCUT2D eigenvalue weighted by molar-refractivity contribution is 0.0957. The molecule has 1 aromatic rings. The SMILES string of the molecule is C=C(Cl)CNC(=O)c1ccc(N)c(OC)c1. The first-order chi connectivity index (χ1) is 7.54. The smallest absolute Gasteiger partial charge is 0.251 e. The Hall–Kier alpha value is -1.68. The fraction of sp³-hybridized carbons (Fsp3) is 0.182. The van der Waals surface area contributed by atoms with Gasteiger partial charge in [0.1, 0.15) is 5.75 Å². The van der Waals surface area contributed by atoms with Crippen LogP contribution in [-0.4, -0.2) is 19.6 Å². The molecule has 5 heteroatoms. The first kappa shape index (κ1) is 12.4. The molecular weight excluding hydrogens is 228 g/mol. The van der Waals surface area contributed by atoms with Crippen molar-refractivity contribution in [1.29, 1.82) is 0 Å². The topological polar surface area (TPSA) is 64.4 Å². The van der Waals surface area contributed by atoms with Crippen LogP contribution in [-0.2, 0) is 0 Å². The fourth-order valence-corrected chi connectivity index (χ4v) is 1.20. The summed E-state index contributed by atoms with van der Waals surface area (Å²) in [5.41, 5.74) is 6.58. The number of nitrogens with one attached hydrogen (secondary N) is 1. The van der Waals surface area contributed by atoms with E-state index in [1.54, 1.807) is 18.2 Å². The van der Waals surface area contributed by atoms with Crippen LogP contribution in [0.15, 0.2) is 29.8 Å². The zero-order chi connectivity index (χ0) is 12.1. The summed E-state index contributed by atoms with van der Waals surface area (Å²) < 4.78 is 5.01. The number of hydrogen-bond donors (Lipinski definition) is 2. The van der Waals surface area contributed by atoms with Gasteiger partial charge in [0.25, 0.3) is 5.91 Å². The highest BCUT2D eigenvalue weighted by Crippen LogP contribution is 2.21. The van der Waals surface area contributed by atoms with Crippen LogP contribution < -0.4 is 15.8 Å². The lowest BCUT2D eigenvalue weighted by Gasteiger charge is -2.07. The van der Waals surface area contributed by atoms with Crippen LogP contribution in [0.5, 0.6) is 5.75 Å². The summed E-state index contributed by atoms with van der Waals surface area (Å²) in [5, 5.41) is 2.97. The number of nitrogens with two attached hydrogens (primary N) is 1. The first-order valence-electron chi connectivity index (χ1n) is 4.59. The van der Waals surface area contributed by atoms with Crippen LogP contribution >= 0.6 is 11.6 Å². The number of amides is 1. The maximum absolute atomic E-state index is 11.6. The Labute approximate surface area is 99.0 Å². The maximum Gasteiger partial charge on any atom is 0.251 e. The van der Waals surface area contributed by atoms with E-state index >= 15 is 0 Å². The van der Waals surface area contributed by atoms with E-state index in [-0.39, 0.29) is 12.5 Å². The third-order valence-corrected chi connectivity index (χ3v) is 2.07. The van der Waals surface area contributed by atoms with E-state index in [0.717, 1.165) is 0 Å². The van der Waals surface area contributed by atoms with Crippen LogP contribution in [0.1, 0.15) is 10.4 Å². The van der Waals surface area contributed by atoms with Gasteiger partial charge in [0.15, 0.2) is 0 Å². The van der Waals surface area contributed by atoms with Crippen molar-refractivity contribution in [2.24, 2.45) is 0 Å². The Morgan fingerprint density at radius 1 is 1.62 bits per heavy atom. The van der Waals surface area contributed by atoms with Gasteiger partial charge >= 0.3 is 0 Å². The van der Waals surface area contributed by atoms with Crippen LogP contribution in [0, 0.1) is 0 Å². The third-order valence-electron chi connectivity index (χ3n) is 1.94. The predicted molar refractivity (Wildman–Crippen MR) is 64.7 cm³/mol. The van der Waals surface area contributed by atoms with Crippen molar-refractivity contribution in [3.8, 4) is 5.75 Å². The monoisotopic (exact) mass is 240 g/mol. The van der Waals surface area contributed by atoms with Gasteiger partial charge in [-0.05, 0) is 18.2 Å². The van der Waals surface area contributed by atoms with Crippen LogP contribution in [0.3, 0.4) is 0 Å². The number of nitrogen functional groups attached to an aromatic ring is 1. The zero-order valence-corrected chi connectivity index (χ0v) is 9.67. The number of methoxy groups -OCH3 is 1. The van der Waals surface area contributed by atoms with Gasteiger partial charge in [-0.2, -0.15) is 0 Å². The van der Waals surface area contributed by atoms with Gasteiger partial charge in [0.05, 0.1) is 19.3 Å². The van der Waals surface area contributed by atoms with Crippen LogP contribution in [0.4, 0.5) is 5.69 Å². The Morgan fingerprint density at radius 2 is 2.31 bits per heavy atom. The lowest BCUT2D eigenvalue weighted by atomic mass is 10.2. The Balaban J connectivity index is 2.80. The standard InChI is InChI=1S/C11H13ClN2O2/c1-7(12)6-14-11(15)8-3-4-9(13)10(5-8)16-2/h3-5H,1,6,13H2,2H3,(H,14,15). The number of hydrogen-bond acceptors (Lipinski definition) is 3. The van der Waals surface area contributed by atoms with Gasteiger partial charge in [0.2, 0.25) is 0 Å². The van der Waals surface area contributed by atoms with Crippen molar-refractivity contribution in [1.82, 2.24) is 5.32 Å². The molecule has 0 aliphatic heterocycles. The van der Waals surface area contributed by atoms with Gasteiger partial charge in [-0.25, -0.2) is 0 Å². The molecular formula is C11H13ClN2O2. The maximum atomic E-state index is 11.6. The highest BCUT2D eigenvalue weighted by atomic mass is 35.5. The molecule has 0 aromatic heterocycles. The normalized spacial score (nSPS) is 9.62. The average Bonchev–Trinajstić information content (AvgIpc) is 2.26. The second kappa shape index (κ2) is 5.42. The average molecular weight is 241 g/mol. The fourth-order valence-electron chi connectivity index (χ4n) is 1.13. The highest BCUT2D eigenvalue weighted by molar-refractivity contribution is 6.29. The van der Waals surface area contributed by atoms with Crippen molar-refractivity contribution in [2.75, 3.05) is 19.4 Å². The minimum Gasteiger partial charge on any atom is -0.495 e. The van der Waals surface area contributed by atoms with E-state index in [0.29, 0.717) is 22.0 Å². The van der Waals surface area contributed by atoms with Crippen molar-refractivity contribution < 1.29 is 9.53 Å². The third kappa shape index (κ3) is 3.17. The molecule has 0 bridgehead atoms. The lowest BCUT2D eigenvalue weighted by Crippen LogP contribution is -2.24. The van der Waals surface area contributed by atoms with Crippen molar-refractivity contribution >= 4 is 23.2 Å². The number of carbonyl (C=O) groups is 1. The molecule has 0 spiro atoms. The van der Waals surface area contributed by atoms with Crippen LogP contribution in [0.2, 0.25) is 0 Å². The molecule has 4 nitrogen and oxygen atoms in total. The molecule has 1 aromatic carbocycles. The van der Waals surface area contributed by atoms with E-state index in [1.807, 2.05) is 0 Å². The summed E-state index contributed by atoms with van der Waals surface area (Å²) >= 11 is 5.54. The largest absolute Gasteiger partial charge is 0.495 e. The summed E-state index contributed by atoms with van der Waals surface area (Å²) in [6.07, 6.45) is 0. The van der Waals surface area contributed by atoms with Crippen molar-refractivity contribution in [2.45, 2.75) is 0 Å². The molecule has 3 N–H and O–H groups in total. The van der Waals surface area contributed by atoms with Crippen LogP contribution in [0.25, 0.3) is 0 Å². The molecule has 0 fully saturated rings. The van der Waals surface area contributed by atoms with Crippen molar-refractivity contribution in [3.05, 3.63) is 35.4 Å². The summed E-state index contributed by atoms with van der Waals surface area (Å²) in [6.45, 7) is 3.70. The summed E-state index contributed by atoms with van der Waals surface area (Å²) in [4.78, 5) is 11.6. The Kier molecular flexibility index (Phi) is 4.19. The van der Waals surface area contributed by atoms with E-state index in [9.17, 15) is 4.79 Å². The van der Waals surface area contributed by atoms with Gasteiger partial charge in [-0.3, -0.25) is 4.79 Å². The number of anilines is 1. The first-order valence-corrected chi connectivity index (χ1v) is 4.97. The minimum absolute atomic E-state index is 0.229. The molecule has 0 heterocycles. The number of benzene rings is 1. The van der Waals surface area contributed by atoms with Gasteiger partial charge < -0.3 is 15.8 Å². The van der Waals surface area contributed by atoms with Crippen molar-refractivity contribution in [3.63, 3.8) is 0 Å². The summed E-state index contributed by atoms with van der Waals surface area (Å²) in [7, 11) is 1.49. The molecule has 1 rings (SSSR count). The van der Waals surface area contributed by atoms with Gasteiger partial charge in [-0.15, -0.1) is 0 Å². The number of rotatable bonds is 4. The Bertz CT molecular complexity index is 418. The minimum atomic E-state index is -0.250. The van der Waals surface area contributed by atoms with Gasteiger partial charge in [-0.1, -0.05) is 18.2 Å². The predicted octanol–water partition coefficient (Wildman–Crippen LogP) is 1.76. The number of halogens is 1. The molecule has 86 valence electrons. The molecule has 0 saturated heterocycles. The highest BCUT2D eigenvalue weighted by Gasteiger charge is 2.08. The molecule has 16 heavy (non-hydrogen) atoms. The number of carbonyl (C=O) groups excluding carboxylic acids is 1. The number of ether oxygens (including phenoxy) is 1. The second-order valence-corrected chi connectivity index (χ2v) is 3.69. The molecule has 0 unspecified atom stereocenters. The molecule has 0 radical (unpaired) electrons. The molecule has 1 amide bonds. The quantitative estimate of drug-likeness (QED) is 0.789. The second-order valence-electron chi connectivity index (χ2n) is 3.16. The molecule has 0 atom stereocenters.